The molecule has 0 aliphatic carbocycles. The second-order valence-electron chi connectivity index (χ2n) is 7.48. The SMILES string of the molecule is COc1ccc(-c2c3c(nn2C)CN(C(=O)c2ccc4nccnc4c2)CC3)cc1Cl. The predicted molar refractivity (Wildman–Crippen MR) is 118 cm³/mol. The first-order valence-corrected chi connectivity index (χ1v) is 10.3. The average Bonchev–Trinajstić information content (AvgIpc) is 3.13. The molecular formula is C23H20ClN5O2. The first-order chi connectivity index (χ1) is 15.0. The summed E-state index contributed by atoms with van der Waals surface area (Å²) in [6, 6.07) is 11.2. The van der Waals surface area contributed by atoms with E-state index < -0.39 is 0 Å². The third-order valence-electron chi connectivity index (χ3n) is 5.63. The summed E-state index contributed by atoms with van der Waals surface area (Å²) in [5, 5.41) is 5.26. The van der Waals surface area contributed by atoms with E-state index in [1.54, 1.807) is 31.6 Å². The van der Waals surface area contributed by atoms with Crippen LogP contribution in [0.5, 0.6) is 5.75 Å². The lowest BCUT2D eigenvalue weighted by atomic mass is 9.99. The zero-order chi connectivity index (χ0) is 21.5. The molecule has 1 aliphatic heterocycles. The van der Waals surface area contributed by atoms with Crippen LogP contribution in [0.4, 0.5) is 0 Å². The van der Waals surface area contributed by atoms with Crippen molar-refractivity contribution in [2.75, 3.05) is 13.7 Å². The number of aryl methyl sites for hydroxylation is 1. The normalized spacial score (nSPS) is 13.3. The zero-order valence-electron chi connectivity index (χ0n) is 17.2. The van der Waals surface area contributed by atoms with E-state index >= 15 is 0 Å². The zero-order valence-corrected chi connectivity index (χ0v) is 17.9. The minimum absolute atomic E-state index is 0.0297. The molecule has 0 atom stereocenters. The number of halogens is 1. The molecule has 2 aromatic carbocycles. The van der Waals surface area contributed by atoms with E-state index in [0.29, 0.717) is 34.9 Å². The molecule has 4 aromatic rings. The highest BCUT2D eigenvalue weighted by atomic mass is 35.5. The van der Waals surface area contributed by atoms with E-state index in [1.165, 1.54) is 0 Å². The molecule has 31 heavy (non-hydrogen) atoms. The van der Waals surface area contributed by atoms with Crippen LogP contribution in [-0.2, 0) is 20.0 Å². The van der Waals surface area contributed by atoms with Crippen LogP contribution >= 0.6 is 11.6 Å². The maximum atomic E-state index is 13.1. The summed E-state index contributed by atoms with van der Waals surface area (Å²) in [6.07, 6.45) is 4.00. The van der Waals surface area contributed by atoms with Crippen molar-refractivity contribution in [2.45, 2.75) is 13.0 Å². The van der Waals surface area contributed by atoms with E-state index in [9.17, 15) is 4.79 Å². The Morgan fingerprint density at radius 1 is 1.10 bits per heavy atom. The Morgan fingerprint density at radius 2 is 1.90 bits per heavy atom. The quantitative estimate of drug-likeness (QED) is 0.490. The number of benzene rings is 2. The maximum Gasteiger partial charge on any atom is 0.254 e. The number of amides is 1. The van der Waals surface area contributed by atoms with Gasteiger partial charge in [-0.2, -0.15) is 5.10 Å². The number of hydrogen-bond donors (Lipinski definition) is 0. The number of hydrogen-bond acceptors (Lipinski definition) is 5. The van der Waals surface area contributed by atoms with E-state index in [-0.39, 0.29) is 5.91 Å². The van der Waals surface area contributed by atoms with Gasteiger partial charge < -0.3 is 9.64 Å². The summed E-state index contributed by atoms with van der Waals surface area (Å²) in [5.74, 6) is 0.608. The van der Waals surface area contributed by atoms with Crippen LogP contribution in [0, 0.1) is 0 Å². The molecule has 0 N–H and O–H groups in total. The summed E-state index contributed by atoms with van der Waals surface area (Å²) in [5.41, 5.74) is 6.15. The van der Waals surface area contributed by atoms with Crippen molar-refractivity contribution in [1.29, 1.82) is 0 Å². The van der Waals surface area contributed by atoms with Gasteiger partial charge in [-0.3, -0.25) is 19.4 Å². The molecular weight excluding hydrogens is 414 g/mol. The molecule has 0 saturated heterocycles. The number of fused-ring (bicyclic) bond motifs is 2. The van der Waals surface area contributed by atoms with Crippen LogP contribution in [0.2, 0.25) is 5.02 Å². The van der Waals surface area contributed by atoms with Gasteiger partial charge in [0.15, 0.2) is 0 Å². The molecule has 0 fully saturated rings. The van der Waals surface area contributed by atoms with E-state index in [0.717, 1.165) is 34.5 Å². The first kappa shape index (κ1) is 19.5. The highest BCUT2D eigenvalue weighted by molar-refractivity contribution is 6.32. The van der Waals surface area contributed by atoms with E-state index in [2.05, 4.69) is 9.97 Å². The monoisotopic (exact) mass is 433 g/mol. The fraction of sp³-hybridized carbons (Fsp3) is 0.217. The molecule has 0 saturated carbocycles. The molecule has 5 rings (SSSR count). The molecule has 8 heteroatoms. The largest absolute Gasteiger partial charge is 0.495 e. The molecule has 1 amide bonds. The Balaban J connectivity index is 1.44. The Morgan fingerprint density at radius 3 is 2.68 bits per heavy atom. The Labute approximate surface area is 184 Å². The summed E-state index contributed by atoms with van der Waals surface area (Å²) < 4.78 is 7.13. The van der Waals surface area contributed by atoms with Gasteiger partial charge in [-0.25, -0.2) is 0 Å². The van der Waals surface area contributed by atoms with Gasteiger partial charge in [0.1, 0.15) is 5.75 Å². The van der Waals surface area contributed by atoms with Crippen LogP contribution in [0.25, 0.3) is 22.3 Å². The smallest absolute Gasteiger partial charge is 0.254 e. The van der Waals surface area contributed by atoms with Gasteiger partial charge in [0, 0.05) is 42.7 Å². The van der Waals surface area contributed by atoms with Gasteiger partial charge in [-0.05, 0) is 42.8 Å². The number of methoxy groups -OCH3 is 1. The molecule has 2 aromatic heterocycles. The Bertz CT molecular complexity index is 1320. The second kappa shape index (κ2) is 7.67. The fourth-order valence-electron chi connectivity index (χ4n) is 4.15. The van der Waals surface area contributed by atoms with Crippen LogP contribution < -0.4 is 4.74 Å². The maximum absolute atomic E-state index is 13.1. The van der Waals surface area contributed by atoms with E-state index in [1.807, 2.05) is 40.9 Å². The van der Waals surface area contributed by atoms with Crippen molar-refractivity contribution in [1.82, 2.24) is 24.6 Å². The Hall–Kier alpha value is -3.45. The molecule has 3 heterocycles. The minimum Gasteiger partial charge on any atom is -0.495 e. The number of carbonyl (C=O) groups excluding carboxylic acids is 1. The molecule has 156 valence electrons. The van der Waals surface area contributed by atoms with Gasteiger partial charge in [-0.15, -0.1) is 0 Å². The highest BCUT2D eigenvalue weighted by Crippen LogP contribution is 2.34. The minimum atomic E-state index is -0.0297. The van der Waals surface area contributed by atoms with Gasteiger partial charge in [0.25, 0.3) is 5.91 Å². The van der Waals surface area contributed by atoms with Crippen molar-refractivity contribution in [3.05, 3.63) is 70.6 Å². The van der Waals surface area contributed by atoms with E-state index in [4.69, 9.17) is 21.4 Å². The lowest BCUT2D eigenvalue weighted by molar-refractivity contribution is 0.0732. The number of carbonyl (C=O) groups is 1. The molecule has 1 aliphatic rings. The lowest BCUT2D eigenvalue weighted by Crippen LogP contribution is -2.36. The van der Waals surface area contributed by atoms with Crippen LogP contribution in [-0.4, -0.2) is 44.2 Å². The number of aromatic nitrogens is 4. The summed E-state index contributed by atoms with van der Waals surface area (Å²) in [7, 11) is 3.51. The second-order valence-corrected chi connectivity index (χ2v) is 7.89. The number of nitrogens with zero attached hydrogens (tertiary/aromatic N) is 5. The molecule has 0 unspecified atom stereocenters. The lowest BCUT2D eigenvalue weighted by Gasteiger charge is -2.26. The van der Waals surface area contributed by atoms with Crippen LogP contribution in [0.3, 0.4) is 0 Å². The highest BCUT2D eigenvalue weighted by Gasteiger charge is 2.28. The first-order valence-electron chi connectivity index (χ1n) is 9.94. The summed E-state index contributed by atoms with van der Waals surface area (Å²) in [6.45, 7) is 1.08. The summed E-state index contributed by atoms with van der Waals surface area (Å²) in [4.78, 5) is 23.5. The number of rotatable bonds is 3. The topological polar surface area (TPSA) is 73.1 Å². The van der Waals surface area contributed by atoms with Crippen molar-refractivity contribution < 1.29 is 9.53 Å². The van der Waals surface area contributed by atoms with Gasteiger partial charge >= 0.3 is 0 Å². The fourth-order valence-corrected chi connectivity index (χ4v) is 4.40. The van der Waals surface area contributed by atoms with Crippen molar-refractivity contribution in [3.8, 4) is 17.0 Å². The average molecular weight is 434 g/mol. The third-order valence-corrected chi connectivity index (χ3v) is 5.92. The summed E-state index contributed by atoms with van der Waals surface area (Å²) >= 11 is 6.34. The Kier molecular flexibility index (Phi) is 4.82. The van der Waals surface area contributed by atoms with Crippen LogP contribution in [0.1, 0.15) is 21.6 Å². The van der Waals surface area contributed by atoms with Gasteiger partial charge in [0.2, 0.25) is 0 Å². The van der Waals surface area contributed by atoms with Crippen LogP contribution in [0.15, 0.2) is 48.8 Å². The molecule has 0 spiro atoms. The van der Waals surface area contributed by atoms with Crippen molar-refractivity contribution in [3.63, 3.8) is 0 Å². The third kappa shape index (κ3) is 3.41. The molecule has 7 nitrogen and oxygen atoms in total. The number of ether oxygens (including phenoxy) is 1. The van der Waals surface area contributed by atoms with Crippen molar-refractivity contribution in [2.24, 2.45) is 7.05 Å². The van der Waals surface area contributed by atoms with Gasteiger partial charge in [-0.1, -0.05) is 11.6 Å². The van der Waals surface area contributed by atoms with Crippen molar-refractivity contribution >= 4 is 28.5 Å². The molecule has 0 bridgehead atoms. The molecule has 0 radical (unpaired) electrons. The van der Waals surface area contributed by atoms with Gasteiger partial charge in [0.05, 0.1) is 41.1 Å². The standard InChI is InChI=1S/C23H20ClN5O2/c1-28-22(14-4-6-21(31-2)17(24)11-14)16-7-10-29(13-20(16)27-28)23(30)15-3-5-18-19(12-15)26-9-8-25-18/h3-6,8-9,11-12H,7,10,13H2,1-2H3. The predicted octanol–water partition coefficient (Wildman–Crippen LogP) is 3.89.